The van der Waals surface area contributed by atoms with Gasteiger partial charge in [-0.1, -0.05) is 12.1 Å². The van der Waals surface area contributed by atoms with Gasteiger partial charge in [-0.3, -0.25) is 4.68 Å². The van der Waals surface area contributed by atoms with Crippen LogP contribution < -0.4 is 10.6 Å². The summed E-state index contributed by atoms with van der Waals surface area (Å²) in [6.45, 7) is 9.99. The van der Waals surface area contributed by atoms with Crippen LogP contribution in [-0.2, 0) is 6.54 Å². The van der Waals surface area contributed by atoms with E-state index in [4.69, 9.17) is 12.2 Å². The molecule has 1 aromatic heterocycles. The predicted octanol–water partition coefficient (Wildman–Crippen LogP) is 3.49. The molecule has 0 bridgehead atoms. The number of rotatable bonds is 5. The molecule has 0 spiro atoms. The van der Waals surface area contributed by atoms with Crippen LogP contribution in [0.15, 0.2) is 24.3 Å². The Labute approximate surface area is 137 Å². The SMILES string of the molecule is Cc1ccc(C)c(NC(=S)NCCCn2nc(C)cc2C)c1. The van der Waals surface area contributed by atoms with E-state index in [1.54, 1.807) is 0 Å². The quantitative estimate of drug-likeness (QED) is 0.654. The average Bonchev–Trinajstić information content (AvgIpc) is 2.77. The standard InChI is InChI=1S/C17H24N4S/c1-12-6-7-13(2)16(10-12)19-17(22)18-8-5-9-21-15(4)11-14(3)20-21/h6-7,10-11H,5,8-9H2,1-4H3,(H2,18,19,22). The Bertz CT molecular complexity index is 661. The van der Waals surface area contributed by atoms with Gasteiger partial charge in [-0.2, -0.15) is 5.10 Å². The number of nitrogens with one attached hydrogen (secondary N) is 2. The van der Waals surface area contributed by atoms with Crippen molar-refractivity contribution in [2.45, 2.75) is 40.7 Å². The van der Waals surface area contributed by atoms with Crippen LogP contribution in [0, 0.1) is 27.7 Å². The Morgan fingerprint density at radius 3 is 2.64 bits per heavy atom. The van der Waals surface area contributed by atoms with Crippen molar-refractivity contribution in [1.29, 1.82) is 0 Å². The van der Waals surface area contributed by atoms with Crippen molar-refractivity contribution >= 4 is 23.0 Å². The third-order valence-electron chi connectivity index (χ3n) is 3.58. The number of aromatic nitrogens is 2. The van der Waals surface area contributed by atoms with Gasteiger partial charge in [-0.15, -0.1) is 0 Å². The Morgan fingerprint density at radius 2 is 1.95 bits per heavy atom. The molecule has 0 fully saturated rings. The molecule has 2 N–H and O–H groups in total. The zero-order valence-electron chi connectivity index (χ0n) is 13.7. The van der Waals surface area contributed by atoms with Crippen molar-refractivity contribution in [1.82, 2.24) is 15.1 Å². The topological polar surface area (TPSA) is 41.9 Å². The van der Waals surface area contributed by atoms with Crippen LogP contribution in [0.5, 0.6) is 0 Å². The predicted molar refractivity (Wildman–Crippen MR) is 96.5 cm³/mol. The van der Waals surface area contributed by atoms with Gasteiger partial charge < -0.3 is 10.6 Å². The van der Waals surface area contributed by atoms with E-state index in [-0.39, 0.29) is 0 Å². The van der Waals surface area contributed by atoms with Gasteiger partial charge in [0, 0.05) is 24.5 Å². The summed E-state index contributed by atoms with van der Waals surface area (Å²) in [4.78, 5) is 0. The molecule has 0 aliphatic heterocycles. The Kier molecular flexibility index (Phi) is 5.55. The number of nitrogens with zero attached hydrogens (tertiary/aromatic N) is 2. The number of anilines is 1. The second kappa shape index (κ2) is 7.40. The number of thiocarbonyl (C=S) groups is 1. The first-order valence-electron chi connectivity index (χ1n) is 7.59. The lowest BCUT2D eigenvalue weighted by molar-refractivity contribution is 0.558. The molecule has 0 unspecified atom stereocenters. The maximum absolute atomic E-state index is 5.35. The molecule has 0 aliphatic rings. The summed E-state index contributed by atoms with van der Waals surface area (Å²) in [5, 5.41) is 11.6. The summed E-state index contributed by atoms with van der Waals surface area (Å²) in [5.41, 5.74) is 5.75. The third-order valence-corrected chi connectivity index (χ3v) is 3.82. The first-order valence-corrected chi connectivity index (χ1v) is 7.99. The lowest BCUT2D eigenvalue weighted by Crippen LogP contribution is -2.30. The molecule has 5 heteroatoms. The fraction of sp³-hybridized carbons (Fsp3) is 0.412. The maximum Gasteiger partial charge on any atom is 0.170 e. The highest BCUT2D eigenvalue weighted by Gasteiger charge is 2.03. The Hall–Kier alpha value is -1.88. The van der Waals surface area contributed by atoms with Crippen LogP contribution in [0.4, 0.5) is 5.69 Å². The molecular formula is C17H24N4S. The minimum absolute atomic E-state index is 0.669. The molecule has 0 radical (unpaired) electrons. The monoisotopic (exact) mass is 316 g/mol. The summed E-state index contributed by atoms with van der Waals surface area (Å²) in [5.74, 6) is 0. The van der Waals surface area contributed by atoms with Crippen molar-refractivity contribution in [2.24, 2.45) is 0 Å². The zero-order valence-corrected chi connectivity index (χ0v) is 14.5. The molecule has 0 saturated carbocycles. The van der Waals surface area contributed by atoms with Crippen molar-refractivity contribution in [2.75, 3.05) is 11.9 Å². The summed E-state index contributed by atoms with van der Waals surface area (Å²) in [6, 6.07) is 8.41. The highest BCUT2D eigenvalue weighted by atomic mass is 32.1. The van der Waals surface area contributed by atoms with Crippen LogP contribution >= 0.6 is 12.2 Å². The van der Waals surface area contributed by atoms with Gasteiger partial charge in [0.15, 0.2) is 5.11 Å². The van der Waals surface area contributed by atoms with Crippen LogP contribution in [0.25, 0.3) is 0 Å². The average molecular weight is 316 g/mol. The fourth-order valence-electron chi connectivity index (χ4n) is 2.37. The molecular weight excluding hydrogens is 292 g/mol. The van der Waals surface area contributed by atoms with Gasteiger partial charge in [0.25, 0.3) is 0 Å². The van der Waals surface area contributed by atoms with Crippen molar-refractivity contribution in [3.63, 3.8) is 0 Å². The molecule has 2 rings (SSSR count). The van der Waals surface area contributed by atoms with Crippen LogP contribution in [-0.4, -0.2) is 21.4 Å². The number of hydrogen-bond donors (Lipinski definition) is 2. The number of aryl methyl sites for hydroxylation is 5. The minimum Gasteiger partial charge on any atom is -0.362 e. The van der Waals surface area contributed by atoms with E-state index in [1.165, 1.54) is 16.8 Å². The summed E-state index contributed by atoms with van der Waals surface area (Å²) >= 11 is 5.35. The first-order chi connectivity index (χ1) is 10.5. The van der Waals surface area contributed by atoms with E-state index in [2.05, 4.69) is 60.8 Å². The largest absolute Gasteiger partial charge is 0.362 e. The van der Waals surface area contributed by atoms with Gasteiger partial charge in [0.05, 0.1) is 5.69 Å². The molecule has 0 saturated heterocycles. The zero-order chi connectivity index (χ0) is 16.1. The molecule has 1 heterocycles. The van der Waals surface area contributed by atoms with Gasteiger partial charge in [-0.05, 0) is 69.6 Å². The molecule has 22 heavy (non-hydrogen) atoms. The second-order valence-electron chi connectivity index (χ2n) is 5.70. The highest BCUT2D eigenvalue weighted by Crippen LogP contribution is 2.16. The molecule has 1 aromatic carbocycles. The Morgan fingerprint density at radius 1 is 1.18 bits per heavy atom. The van der Waals surface area contributed by atoms with Gasteiger partial charge in [0.1, 0.15) is 0 Å². The van der Waals surface area contributed by atoms with Gasteiger partial charge in [0.2, 0.25) is 0 Å². The van der Waals surface area contributed by atoms with Crippen molar-refractivity contribution in [3.8, 4) is 0 Å². The van der Waals surface area contributed by atoms with E-state index in [9.17, 15) is 0 Å². The van der Waals surface area contributed by atoms with Crippen molar-refractivity contribution in [3.05, 3.63) is 46.8 Å². The molecule has 4 nitrogen and oxygen atoms in total. The first kappa shape index (κ1) is 16.5. The van der Waals surface area contributed by atoms with Crippen LogP contribution in [0.2, 0.25) is 0 Å². The van der Waals surface area contributed by atoms with E-state index in [0.29, 0.717) is 5.11 Å². The van der Waals surface area contributed by atoms with Crippen LogP contribution in [0.1, 0.15) is 28.9 Å². The Balaban J connectivity index is 1.76. The molecule has 0 atom stereocenters. The van der Waals surface area contributed by atoms with E-state index in [0.717, 1.165) is 30.9 Å². The second-order valence-corrected chi connectivity index (χ2v) is 6.11. The fourth-order valence-corrected chi connectivity index (χ4v) is 2.58. The van der Waals surface area contributed by atoms with Gasteiger partial charge in [-0.25, -0.2) is 0 Å². The molecule has 0 amide bonds. The van der Waals surface area contributed by atoms with E-state index >= 15 is 0 Å². The smallest absolute Gasteiger partial charge is 0.170 e. The summed E-state index contributed by atoms with van der Waals surface area (Å²) in [6.07, 6.45) is 0.983. The minimum atomic E-state index is 0.669. The molecule has 118 valence electrons. The highest BCUT2D eigenvalue weighted by molar-refractivity contribution is 7.80. The van der Waals surface area contributed by atoms with E-state index < -0.39 is 0 Å². The number of benzene rings is 1. The van der Waals surface area contributed by atoms with E-state index in [1.807, 2.05) is 11.6 Å². The molecule has 0 aliphatic carbocycles. The summed E-state index contributed by atoms with van der Waals surface area (Å²) in [7, 11) is 0. The van der Waals surface area contributed by atoms with Crippen molar-refractivity contribution < 1.29 is 0 Å². The lowest BCUT2D eigenvalue weighted by atomic mass is 10.1. The van der Waals surface area contributed by atoms with Crippen LogP contribution in [0.3, 0.4) is 0 Å². The summed E-state index contributed by atoms with van der Waals surface area (Å²) < 4.78 is 2.04. The maximum atomic E-state index is 5.35. The lowest BCUT2D eigenvalue weighted by Gasteiger charge is -2.13. The molecule has 2 aromatic rings. The number of hydrogen-bond acceptors (Lipinski definition) is 2. The van der Waals surface area contributed by atoms with Gasteiger partial charge >= 0.3 is 0 Å². The normalized spacial score (nSPS) is 10.5. The third kappa shape index (κ3) is 4.56.